The molecule has 0 heterocycles. The summed E-state index contributed by atoms with van der Waals surface area (Å²) in [4.78, 5) is 11.5. The molecule has 0 aliphatic carbocycles. The maximum absolute atomic E-state index is 11.5. The number of benzene rings is 2. The standard InChI is InChI=1S/C15H18N4O/c16-19(17)15(20)18-11-14(12-7-3-1-4-8-12)13-9-5-2-6-10-13/h1-10,14H,11,16-17H2,(H,18,20). The third-order valence-electron chi connectivity index (χ3n) is 3.10. The second-order valence-corrected chi connectivity index (χ2v) is 4.47. The van der Waals surface area contributed by atoms with E-state index in [0.717, 1.165) is 11.1 Å². The SMILES string of the molecule is NN(N)C(=O)NCC(c1ccccc1)c1ccccc1. The molecule has 0 aromatic heterocycles. The Kier molecular flexibility index (Phi) is 4.70. The summed E-state index contributed by atoms with van der Waals surface area (Å²) >= 11 is 0. The lowest BCUT2D eigenvalue weighted by Crippen LogP contribution is -2.50. The van der Waals surface area contributed by atoms with E-state index in [9.17, 15) is 4.79 Å². The molecule has 2 aromatic carbocycles. The molecule has 5 nitrogen and oxygen atoms in total. The fourth-order valence-electron chi connectivity index (χ4n) is 2.08. The summed E-state index contributed by atoms with van der Waals surface area (Å²) in [6, 6.07) is 19.5. The normalized spacial score (nSPS) is 10.3. The van der Waals surface area contributed by atoms with Crippen LogP contribution in [0.15, 0.2) is 60.7 Å². The first-order valence-corrected chi connectivity index (χ1v) is 6.35. The Morgan fingerprint density at radius 1 is 0.950 bits per heavy atom. The van der Waals surface area contributed by atoms with Gasteiger partial charge < -0.3 is 5.32 Å². The van der Waals surface area contributed by atoms with Crippen LogP contribution in [-0.2, 0) is 0 Å². The minimum absolute atomic E-state index is 0.0568. The number of nitrogens with two attached hydrogens (primary N) is 2. The van der Waals surface area contributed by atoms with Gasteiger partial charge in [-0.25, -0.2) is 16.5 Å². The van der Waals surface area contributed by atoms with Crippen molar-refractivity contribution in [3.05, 3.63) is 71.8 Å². The second-order valence-electron chi connectivity index (χ2n) is 4.47. The quantitative estimate of drug-likeness (QED) is 0.448. The van der Waals surface area contributed by atoms with Gasteiger partial charge in [-0.05, 0) is 11.1 Å². The Morgan fingerprint density at radius 2 is 1.40 bits per heavy atom. The zero-order valence-electron chi connectivity index (χ0n) is 11.1. The number of nitrogens with one attached hydrogen (secondary N) is 1. The zero-order chi connectivity index (χ0) is 14.4. The molecule has 5 N–H and O–H groups in total. The monoisotopic (exact) mass is 270 g/mol. The Labute approximate surface area is 118 Å². The molecule has 0 bridgehead atoms. The number of hydrogen-bond donors (Lipinski definition) is 3. The van der Waals surface area contributed by atoms with Gasteiger partial charge in [0.05, 0.1) is 0 Å². The summed E-state index contributed by atoms with van der Waals surface area (Å²) in [6.07, 6.45) is 0. The molecule has 0 saturated heterocycles. The van der Waals surface area contributed by atoms with E-state index >= 15 is 0 Å². The molecule has 0 aliphatic rings. The van der Waals surface area contributed by atoms with E-state index in [1.54, 1.807) is 0 Å². The number of carbonyl (C=O) groups is 1. The van der Waals surface area contributed by atoms with Crippen LogP contribution in [0.3, 0.4) is 0 Å². The molecule has 0 fully saturated rings. The summed E-state index contributed by atoms with van der Waals surface area (Å²) in [5.74, 6) is 10.5. The highest BCUT2D eigenvalue weighted by Crippen LogP contribution is 2.23. The molecular formula is C15H18N4O. The van der Waals surface area contributed by atoms with E-state index in [4.69, 9.17) is 11.7 Å². The van der Waals surface area contributed by atoms with E-state index in [0.29, 0.717) is 11.7 Å². The van der Waals surface area contributed by atoms with Crippen LogP contribution in [0.25, 0.3) is 0 Å². The number of amides is 2. The summed E-state index contributed by atoms with van der Waals surface area (Å²) in [6.45, 7) is 0.428. The number of nitrogens with zero attached hydrogens (tertiary/aromatic N) is 1. The molecule has 2 aromatic rings. The van der Waals surface area contributed by atoms with Crippen molar-refractivity contribution in [3.8, 4) is 0 Å². The van der Waals surface area contributed by atoms with Crippen molar-refractivity contribution >= 4 is 6.03 Å². The Hall–Kier alpha value is -2.37. The van der Waals surface area contributed by atoms with Crippen LogP contribution in [0.5, 0.6) is 0 Å². The van der Waals surface area contributed by atoms with Gasteiger partial charge in [-0.2, -0.15) is 5.12 Å². The van der Waals surface area contributed by atoms with Gasteiger partial charge in [-0.15, -0.1) is 0 Å². The first kappa shape index (κ1) is 14.0. The molecule has 0 radical (unpaired) electrons. The van der Waals surface area contributed by atoms with Crippen LogP contribution in [0.2, 0.25) is 0 Å². The predicted molar refractivity (Wildman–Crippen MR) is 78.3 cm³/mol. The summed E-state index contributed by atoms with van der Waals surface area (Å²) in [5, 5.41) is 3.26. The molecule has 0 aliphatic heterocycles. The van der Waals surface area contributed by atoms with Gasteiger partial charge >= 0.3 is 6.03 Å². The Balaban J connectivity index is 2.20. The van der Waals surface area contributed by atoms with E-state index in [1.807, 2.05) is 60.7 Å². The molecule has 20 heavy (non-hydrogen) atoms. The van der Waals surface area contributed by atoms with Crippen molar-refractivity contribution in [1.82, 2.24) is 10.4 Å². The highest BCUT2D eigenvalue weighted by molar-refractivity contribution is 5.72. The van der Waals surface area contributed by atoms with E-state index < -0.39 is 6.03 Å². The molecular weight excluding hydrogens is 252 g/mol. The number of rotatable bonds is 4. The molecule has 5 heteroatoms. The third-order valence-corrected chi connectivity index (χ3v) is 3.10. The maximum Gasteiger partial charge on any atom is 0.346 e. The highest BCUT2D eigenvalue weighted by Gasteiger charge is 2.15. The van der Waals surface area contributed by atoms with Crippen molar-refractivity contribution in [2.75, 3.05) is 6.54 Å². The number of hydrogen-bond acceptors (Lipinski definition) is 3. The van der Waals surface area contributed by atoms with Crippen molar-refractivity contribution in [1.29, 1.82) is 0 Å². The smallest absolute Gasteiger partial charge is 0.335 e. The van der Waals surface area contributed by atoms with Gasteiger partial charge in [0.1, 0.15) is 0 Å². The van der Waals surface area contributed by atoms with Crippen LogP contribution >= 0.6 is 0 Å². The minimum Gasteiger partial charge on any atom is -0.335 e. The van der Waals surface area contributed by atoms with Crippen LogP contribution in [0, 0.1) is 0 Å². The molecule has 0 saturated carbocycles. The van der Waals surface area contributed by atoms with E-state index in [-0.39, 0.29) is 5.92 Å². The fourth-order valence-corrected chi connectivity index (χ4v) is 2.08. The Morgan fingerprint density at radius 3 is 1.80 bits per heavy atom. The largest absolute Gasteiger partial charge is 0.346 e. The summed E-state index contributed by atoms with van der Waals surface area (Å²) in [7, 11) is 0. The topological polar surface area (TPSA) is 84.4 Å². The average Bonchev–Trinajstić information content (AvgIpc) is 2.49. The van der Waals surface area contributed by atoms with Gasteiger partial charge in [-0.3, -0.25) is 0 Å². The number of urea groups is 1. The lowest BCUT2D eigenvalue weighted by atomic mass is 9.91. The van der Waals surface area contributed by atoms with Crippen molar-refractivity contribution in [2.45, 2.75) is 5.92 Å². The van der Waals surface area contributed by atoms with Gasteiger partial charge in [0.15, 0.2) is 0 Å². The van der Waals surface area contributed by atoms with Gasteiger partial charge in [0.25, 0.3) is 0 Å². The van der Waals surface area contributed by atoms with E-state index in [1.165, 1.54) is 0 Å². The summed E-state index contributed by atoms with van der Waals surface area (Å²) in [5.41, 5.74) is 2.25. The zero-order valence-corrected chi connectivity index (χ0v) is 11.1. The van der Waals surface area contributed by atoms with Crippen LogP contribution in [0.1, 0.15) is 17.0 Å². The third kappa shape index (κ3) is 3.57. The first-order chi connectivity index (χ1) is 9.68. The molecule has 2 rings (SSSR count). The molecule has 0 spiro atoms. The van der Waals surface area contributed by atoms with Crippen molar-refractivity contribution in [2.24, 2.45) is 11.7 Å². The van der Waals surface area contributed by atoms with Crippen LogP contribution in [-0.4, -0.2) is 17.7 Å². The lowest BCUT2D eigenvalue weighted by molar-refractivity contribution is 0.200. The molecule has 2 amide bonds. The number of hydrazine groups is 2. The highest BCUT2D eigenvalue weighted by atomic mass is 16.2. The van der Waals surface area contributed by atoms with Crippen LogP contribution < -0.4 is 17.0 Å². The van der Waals surface area contributed by atoms with E-state index in [2.05, 4.69) is 5.32 Å². The van der Waals surface area contributed by atoms with Crippen molar-refractivity contribution < 1.29 is 4.79 Å². The first-order valence-electron chi connectivity index (χ1n) is 6.35. The lowest BCUT2D eigenvalue weighted by Gasteiger charge is -2.20. The molecule has 0 unspecified atom stereocenters. The second kappa shape index (κ2) is 6.70. The van der Waals surface area contributed by atoms with Gasteiger partial charge in [0.2, 0.25) is 0 Å². The molecule has 0 atom stereocenters. The number of carbonyl (C=O) groups excluding carboxylic acids is 1. The molecule has 104 valence electrons. The van der Waals surface area contributed by atoms with Crippen molar-refractivity contribution in [3.63, 3.8) is 0 Å². The maximum atomic E-state index is 11.5. The van der Waals surface area contributed by atoms with Gasteiger partial charge in [0, 0.05) is 12.5 Å². The summed E-state index contributed by atoms with van der Waals surface area (Å²) < 4.78 is 0. The minimum atomic E-state index is -0.512. The van der Waals surface area contributed by atoms with Gasteiger partial charge in [-0.1, -0.05) is 60.7 Å². The fraction of sp³-hybridized carbons (Fsp3) is 0.133. The predicted octanol–water partition coefficient (Wildman–Crippen LogP) is 1.58. The Bertz CT molecular complexity index is 503. The van der Waals surface area contributed by atoms with Crippen LogP contribution in [0.4, 0.5) is 4.79 Å². The average molecular weight is 270 g/mol.